The number of likely N-dealkylation sites (tertiary alicyclic amines) is 1. The van der Waals surface area contributed by atoms with Gasteiger partial charge in [0.15, 0.2) is 0 Å². The van der Waals surface area contributed by atoms with Gasteiger partial charge >= 0.3 is 0 Å². The Bertz CT molecular complexity index is 716. The summed E-state index contributed by atoms with van der Waals surface area (Å²) in [6, 6.07) is 8.80. The smallest absolute Gasteiger partial charge is 0.216 e. The number of rotatable bonds is 6. The van der Waals surface area contributed by atoms with Crippen LogP contribution in [-0.4, -0.2) is 57.2 Å². The van der Waals surface area contributed by atoms with E-state index in [4.69, 9.17) is 4.74 Å². The van der Waals surface area contributed by atoms with Crippen molar-refractivity contribution in [3.8, 4) is 0 Å². The van der Waals surface area contributed by atoms with Gasteiger partial charge in [0.2, 0.25) is 10.0 Å². The lowest BCUT2D eigenvalue weighted by Gasteiger charge is -2.36. The van der Waals surface area contributed by atoms with Crippen molar-refractivity contribution in [3.05, 3.63) is 29.8 Å². The minimum absolute atomic E-state index is 0.0000849. The molecule has 0 saturated carbocycles. The third kappa shape index (κ3) is 6.45. The quantitative estimate of drug-likeness (QED) is 0.775. The highest BCUT2D eigenvalue weighted by Gasteiger charge is 2.27. The first-order valence-corrected chi connectivity index (χ1v) is 11.5. The Morgan fingerprint density at radius 1 is 1.19 bits per heavy atom. The van der Waals surface area contributed by atoms with Gasteiger partial charge in [-0.05, 0) is 57.7 Å². The van der Waals surface area contributed by atoms with Crippen molar-refractivity contribution in [3.63, 3.8) is 0 Å². The predicted molar refractivity (Wildman–Crippen MR) is 109 cm³/mol. The number of nitrogens with zero attached hydrogens (tertiary/aromatic N) is 1. The largest absolute Gasteiger partial charge is 0.382 e. The van der Waals surface area contributed by atoms with Crippen LogP contribution in [0.15, 0.2) is 24.3 Å². The van der Waals surface area contributed by atoms with Gasteiger partial charge in [-0.1, -0.05) is 12.1 Å². The number of nitrogens with one attached hydrogen (secondary N) is 2. The maximum absolute atomic E-state index is 12.3. The first-order chi connectivity index (χ1) is 12.7. The van der Waals surface area contributed by atoms with E-state index in [0.29, 0.717) is 12.1 Å². The number of hydrogen-bond donors (Lipinski definition) is 2. The van der Waals surface area contributed by atoms with Crippen molar-refractivity contribution in [2.45, 2.75) is 63.4 Å². The van der Waals surface area contributed by atoms with Crippen LogP contribution in [0.2, 0.25) is 0 Å². The molecule has 1 atom stereocenters. The SMILES string of the molecule is CC(C)(C)NS(=O)(=O)Cc1cccc(NC2CCN(C3CCOC3)CC2)c1. The normalized spacial score (nSPS) is 22.9. The van der Waals surface area contributed by atoms with Crippen LogP contribution in [0.1, 0.15) is 45.6 Å². The lowest BCUT2D eigenvalue weighted by molar-refractivity contribution is 0.124. The van der Waals surface area contributed by atoms with Gasteiger partial charge in [0.1, 0.15) is 0 Å². The van der Waals surface area contributed by atoms with Crippen LogP contribution >= 0.6 is 0 Å². The van der Waals surface area contributed by atoms with Gasteiger partial charge in [-0.3, -0.25) is 4.90 Å². The summed E-state index contributed by atoms with van der Waals surface area (Å²) < 4.78 is 32.9. The molecule has 27 heavy (non-hydrogen) atoms. The first-order valence-electron chi connectivity index (χ1n) is 9.89. The highest BCUT2D eigenvalue weighted by Crippen LogP contribution is 2.22. The summed E-state index contributed by atoms with van der Waals surface area (Å²) in [6.45, 7) is 9.51. The van der Waals surface area contributed by atoms with E-state index in [2.05, 4.69) is 14.9 Å². The Hall–Kier alpha value is -1.15. The van der Waals surface area contributed by atoms with Crippen LogP contribution in [0.5, 0.6) is 0 Å². The zero-order chi connectivity index (χ0) is 19.5. The second-order valence-corrected chi connectivity index (χ2v) is 10.5. The van der Waals surface area contributed by atoms with Gasteiger partial charge in [0.25, 0.3) is 0 Å². The second-order valence-electron chi connectivity index (χ2n) is 8.78. The van der Waals surface area contributed by atoms with E-state index in [1.165, 1.54) is 0 Å². The van der Waals surface area contributed by atoms with Crippen LogP contribution in [0.4, 0.5) is 5.69 Å². The minimum Gasteiger partial charge on any atom is -0.382 e. The van der Waals surface area contributed by atoms with Gasteiger partial charge in [0, 0.05) is 43.0 Å². The van der Waals surface area contributed by atoms with Crippen molar-refractivity contribution in [2.75, 3.05) is 31.6 Å². The molecule has 2 saturated heterocycles. The van der Waals surface area contributed by atoms with Gasteiger partial charge in [-0.25, -0.2) is 13.1 Å². The lowest BCUT2D eigenvalue weighted by Crippen LogP contribution is -2.44. The van der Waals surface area contributed by atoms with E-state index in [-0.39, 0.29) is 5.75 Å². The van der Waals surface area contributed by atoms with Crippen molar-refractivity contribution in [1.29, 1.82) is 0 Å². The van der Waals surface area contributed by atoms with Crippen molar-refractivity contribution in [1.82, 2.24) is 9.62 Å². The number of anilines is 1. The monoisotopic (exact) mass is 395 g/mol. The lowest BCUT2D eigenvalue weighted by atomic mass is 10.0. The van der Waals surface area contributed by atoms with Crippen LogP contribution in [0.25, 0.3) is 0 Å². The Morgan fingerprint density at radius 3 is 2.56 bits per heavy atom. The summed E-state index contributed by atoms with van der Waals surface area (Å²) in [5.74, 6) is -0.0000849. The number of hydrogen-bond acceptors (Lipinski definition) is 5. The molecule has 0 spiro atoms. The number of benzene rings is 1. The molecule has 2 fully saturated rings. The van der Waals surface area contributed by atoms with E-state index in [9.17, 15) is 8.42 Å². The molecular weight excluding hydrogens is 362 g/mol. The summed E-state index contributed by atoms with van der Waals surface area (Å²) in [7, 11) is -3.36. The molecule has 152 valence electrons. The molecule has 0 radical (unpaired) electrons. The summed E-state index contributed by atoms with van der Waals surface area (Å²) in [6.07, 6.45) is 3.35. The summed E-state index contributed by atoms with van der Waals surface area (Å²) in [5, 5.41) is 3.59. The number of ether oxygens (including phenoxy) is 1. The number of sulfonamides is 1. The van der Waals surface area contributed by atoms with E-state index in [1.54, 1.807) is 0 Å². The molecule has 2 aliphatic rings. The van der Waals surface area contributed by atoms with Gasteiger partial charge in [-0.2, -0.15) is 0 Å². The third-order valence-corrected chi connectivity index (χ3v) is 6.70. The maximum atomic E-state index is 12.3. The average Bonchev–Trinajstić information content (AvgIpc) is 3.07. The molecule has 0 aromatic heterocycles. The molecule has 1 aromatic rings. The molecule has 7 heteroatoms. The topological polar surface area (TPSA) is 70.7 Å². The van der Waals surface area contributed by atoms with Crippen molar-refractivity contribution < 1.29 is 13.2 Å². The van der Waals surface area contributed by atoms with E-state index in [1.807, 2.05) is 45.0 Å². The Balaban J connectivity index is 1.53. The van der Waals surface area contributed by atoms with E-state index >= 15 is 0 Å². The first kappa shape index (κ1) is 20.6. The molecule has 3 rings (SSSR count). The fraction of sp³-hybridized carbons (Fsp3) is 0.700. The molecule has 2 N–H and O–H groups in total. The molecule has 1 unspecified atom stereocenters. The van der Waals surface area contributed by atoms with Gasteiger partial charge in [-0.15, -0.1) is 0 Å². The number of piperidine rings is 1. The van der Waals surface area contributed by atoms with Crippen LogP contribution in [0, 0.1) is 0 Å². The third-order valence-electron chi connectivity index (χ3n) is 5.07. The van der Waals surface area contributed by atoms with Crippen LogP contribution in [-0.2, 0) is 20.5 Å². The summed E-state index contributed by atoms with van der Waals surface area (Å²) in [5.41, 5.74) is 1.34. The van der Waals surface area contributed by atoms with Gasteiger partial charge < -0.3 is 10.1 Å². The van der Waals surface area contributed by atoms with Gasteiger partial charge in [0.05, 0.1) is 12.4 Å². The fourth-order valence-electron chi connectivity index (χ4n) is 3.93. The van der Waals surface area contributed by atoms with E-state index < -0.39 is 15.6 Å². The Morgan fingerprint density at radius 2 is 1.93 bits per heavy atom. The molecule has 1 aromatic carbocycles. The highest BCUT2D eigenvalue weighted by molar-refractivity contribution is 7.88. The zero-order valence-electron chi connectivity index (χ0n) is 16.7. The Kier molecular flexibility index (Phi) is 6.46. The fourth-order valence-corrected chi connectivity index (χ4v) is 5.55. The predicted octanol–water partition coefficient (Wildman–Crippen LogP) is 2.57. The van der Waals surface area contributed by atoms with Crippen LogP contribution in [0.3, 0.4) is 0 Å². The second kappa shape index (κ2) is 8.47. The molecule has 0 bridgehead atoms. The standard InChI is InChI=1S/C20H33N3O3S/c1-20(2,3)22-27(24,25)15-16-5-4-6-18(13-16)21-17-7-10-23(11-8-17)19-9-12-26-14-19/h4-6,13,17,19,21-22H,7-12,14-15H2,1-3H3. The molecule has 6 nitrogen and oxygen atoms in total. The minimum atomic E-state index is -3.36. The summed E-state index contributed by atoms with van der Waals surface area (Å²) in [4.78, 5) is 2.55. The molecule has 0 aliphatic carbocycles. The Labute approximate surface area is 163 Å². The maximum Gasteiger partial charge on any atom is 0.216 e. The molecular formula is C20H33N3O3S. The molecule has 2 aliphatic heterocycles. The van der Waals surface area contributed by atoms with Crippen molar-refractivity contribution >= 4 is 15.7 Å². The molecule has 0 amide bonds. The zero-order valence-corrected chi connectivity index (χ0v) is 17.5. The van der Waals surface area contributed by atoms with E-state index in [0.717, 1.165) is 56.8 Å². The molecule has 2 heterocycles. The van der Waals surface area contributed by atoms with Crippen LogP contribution < -0.4 is 10.0 Å². The average molecular weight is 396 g/mol. The summed E-state index contributed by atoms with van der Waals surface area (Å²) >= 11 is 0. The van der Waals surface area contributed by atoms with Crippen molar-refractivity contribution in [2.24, 2.45) is 0 Å². The highest BCUT2D eigenvalue weighted by atomic mass is 32.2.